The van der Waals surface area contributed by atoms with E-state index in [0.717, 1.165) is 0 Å². The summed E-state index contributed by atoms with van der Waals surface area (Å²) in [4.78, 5) is 52.7. The molecule has 2 fully saturated rings. The number of hydrogen-bond donors (Lipinski definition) is 1. The molecule has 3 heterocycles. The van der Waals surface area contributed by atoms with Crippen molar-refractivity contribution < 1.29 is 42.9 Å². The average molecular weight is 501 g/mol. The van der Waals surface area contributed by atoms with E-state index in [1.165, 1.54) is 43.9 Å². The van der Waals surface area contributed by atoms with Gasteiger partial charge in [-0.2, -0.15) is 0 Å². The number of aliphatic hydroxyl groups excluding tert-OH is 1. The molecule has 6 atom stereocenters. The SMILES string of the molecule is COC(=O)[C@H]1O[C@@]12[C@](C)(C(=O)c1ccoc1)CC[C@@H](C(C)O)[C@@]2(C)C(=O)/C=C1\C=CC(=O)OC1(C)C. The number of allylic oxidation sites excluding steroid dienone is 1. The third kappa shape index (κ3) is 3.51. The Bertz CT molecular complexity index is 1160. The molecule has 1 spiro atoms. The van der Waals surface area contributed by atoms with Gasteiger partial charge in [-0.1, -0.05) is 0 Å². The molecule has 194 valence electrons. The van der Waals surface area contributed by atoms with Gasteiger partial charge in [0.1, 0.15) is 17.5 Å². The largest absolute Gasteiger partial charge is 0.472 e. The zero-order valence-corrected chi connectivity index (χ0v) is 21.3. The Kier molecular flexibility index (Phi) is 6.16. The maximum atomic E-state index is 14.3. The Morgan fingerprint density at radius 2 is 1.89 bits per heavy atom. The molecule has 9 nitrogen and oxygen atoms in total. The summed E-state index contributed by atoms with van der Waals surface area (Å²) in [5, 5.41) is 10.8. The molecule has 1 aromatic rings. The first-order valence-corrected chi connectivity index (χ1v) is 11.9. The van der Waals surface area contributed by atoms with E-state index in [9.17, 15) is 24.3 Å². The van der Waals surface area contributed by atoms with Gasteiger partial charge in [-0.25, -0.2) is 9.59 Å². The maximum Gasteiger partial charge on any atom is 0.338 e. The van der Waals surface area contributed by atoms with E-state index >= 15 is 0 Å². The molecule has 1 saturated carbocycles. The monoisotopic (exact) mass is 500 g/mol. The number of carbonyl (C=O) groups is 4. The minimum Gasteiger partial charge on any atom is -0.472 e. The van der Waals surface area contributed by atoms with Crippen molar-refractivity contribution in [1.29, 1.82) is 0 Å². The second-order valence-corrected chi connectivity index (χ2v) is 10.7. The Hall–Kier alpha value is -3.04. The lowest BCUT2D eigenvalue weighted by molar-refractivity contribution is -0.151. The molecule has 2 aliphatic heterocycles. The molecule has 0 bridgehead atoms. The molecule has 36 heavy (non-hydrogen) atoms. The number of esters is 2. The summed E-state index contributed by atoms with van der Waals surface area (Å²) in [6.07, 6.45) is 5.27. The molecule has 9 heteroatoms. The van der Waals surface area contributed by atoms with E-state index < -0.39 is 57.9 Å². The molecule has 0 amide bonds. The van der Waals surface area contributed by atoms with E-state index in [1.807, 2.05) is 0 Å². The number of ketones is 2. The van der Waals surface area contributed by atoms with Crippen molar-refractivity contribution in [1.82, 2.24) is 0 Å². The van der Waals surface area contributed by atoms with Gasteiger partial charge in [0.2, 0.25) is 0 Å². The van der Waals surface area contributed by atoms with Crippen molar-refractivity contribution in [2.45, 2.75) is 70.9 Å². The first-order chi connectivity index (χ1) is 16.8. The average Bonchev–Trinajstić information content (AvgIpc) is 3.34. The van der Waals surface area contributed by atoms with Crippen molar-refractivity contribution in [2.75, 3.05) is 7.11 Å². The minimum absolute atomic E-state index is 0.266. The lowest BCUT2D eigenvalue weighted by atomic mass is 9.46. The van der Waals surface area contributed by atoms with Gasteiger partial charge in [-0.3, -0.25) is 9.59 Å². The summed E-state index contributed by atoms with van der Waals surface area (Å²) in [7, 11) is 1.22. The van der Waals surface area contributed by atoms with Crippen LogP contribution < -0.4 is 0 Å². The van der Waals surface area contributed by atoms with Gasteiger partial charge in [0.05, 0.1) is 35.9 Å². The highest BCUT2D eigenvalue weighted by molar-refractivity contribution is 6.06. The van der Waals surface area contributed by atoms with Crippen LogP contribution in [0, 0.1) is 16.7 Å². The van der Waals surface area contributed by atoms with Gasteiger partial charge in [-0.15, -0.1) is 0 Å². The number of hydrogen-bond acceptors (Lipinski definition) is 9. The highest BCUT2D eigenvalue weighted by Crippen LogP contribution is 2.70. The number of rotatable bonds is 6. The van der Waals surface area contributed by atoms with Crippen molar-refractivity contribution >= 4 is 23.5 Å². The van der Waals surface area contributed by atoms with Gasteiger partial charge < -0.3 is 23.7 Å². The number of ether oxygens (including phenoxy) is 3. The van der Waals surface area contributed by atoms with Crippen LogP contribution in [0.1, 0.15) is 57.8 Å². The molecule has 3 aliphatic rings. The minimum atomic E-state index is -1.59. The smallest absolute Gasteiger partial charge is 0.338 e. The van der Waals surface area contributed by atoms with Crippen molar-refractivity contribution in [3.05, 3.63) is 48.0 Å². The van der Waals surface area contributed by atoms with Crippen LogP contribution in [0.15, 0.2) is 46.8 Å². The van der Waals surface area contributed by atoms with Crippen LogP contribution in [0.25, 0.3) is 0 Å². The van der Waals surface area contributed by atoms with Crippen LogP contribution in [0.5, 0.6) is 0 Å². The molecular weight excluding hydrogens is 468 g/mol. The van der Waals surface area contributed by atoms with Crippen LogP contribution in [-0.2, 0) is 28.6 Å². The molecule has 1 N–H and O–H groups in total. The van der Waals surface area contributed by atoms with Crippen LogP contribution >= 0.6 is 0 Å². The van der Waals surface area contributed by atoms with Gasteiger partial charge in [-0.05, 0) is 71.3 Å². The second kappa shape index (κ2) is 8.52. The summed E-state index contributed by atoms with van der Waals surface area (Å²) < 4.78 is 21.6. The third-order valence-corrected chi connectivity index (χ3v) is 8.43. The Morgan fingerprint density at radius 3 is 2.44 bits per heavy atom. The quantitative estimate of drug-likeness (QED) is 0.271. The second-order valence-electron chi connectivity index (χ2n) is 10.7. The number of furan rings is 1. The zero-order valence-electron chi connectivity index (χ0n) is 21.3. The maximum absolute atomic E-state index is 14.3. The number of methoxy groups -OCH3 is 1. The molecular formula is C27H32O9. The summed E-state index contributed by atoms with van der Waals surface area (Å²) in [6, 6.07) is 1.53. The van der Waals surface area contributed by atoms with E-state index in [-0.39, 0.29) is 12.2 Å². The lowest BCUT2D eigenvalue weighted by Crippen LogP contribution is -2.65. The summed E-state index contributed by atoms with van der Waals surface area (Å²) in [5.41, 5.74) is -4.75. The van der Waals surface area contributed by atoms with E-state index in [0.29, 0.717) is 17.6 Å². The fraction of sp³-hybridized carbons (Fsp3) is 0.556. The van der Waals surface area contributed by atoms with Crippen LogP contribution in [-0.4, -0.2) is 59.1 Å². The van der Waals surface area contributed by atoms with Gasteiger partial charge in [0.25, 0.3) is 0 Å². The van der Waals surface area contributed by atoms with Gasteiger partial charge in [0, 0.05) is 12.0 Å². The predicted molar refractivity (Wildman–Crippen MR) is 126 cm³/mol. The van der Waals surface area contributed by atoms with Crippen LogP contribution in [0.3, 0.4) is 0 Å². The summed E-state index contributed by atoms with van der Waals surface area (Å²) in [5.74, 6) is -2.64. The Balaban J connectivity index is 1.91. The molecule has 0 aromatic carbocycles. The summed E-state index contributed by atoms with van der Waals surface area (Å²) >= 11 is 0. The molecule has 1 aliphatic carbocycles. The van der Waals surface area contributed by atoms with E-state index in [4.69, 9.17) is 18.6 Å². The number of aliphatic hydroxyl groups is 1. The summed E-state index contributed by atoms with van der Waals surface area (Å²) in [6.45, 7) is 8.23. The van der Waals surface area contributed by atoms with Crippen LogP contribution in [0.4, 0.5) is 0 Å². The number of Topliss-reactive ketones (excluding diaryl/α,β-unsaturated/α-hetero) is 1. The molecule has 0 radical (unpaired) electrons. The van der Waals surface area contributed by atoms with Crippen molar-refractivity contribution in [3.63, 3.8) is 0 Å². The first-order valence-electron chi connectivity index (χ1n) is 11.9. The highest BCUT2D eigenvalue weighted by atomic mass is 16.7. The fourth-order valence-corrected chi connectivity index (χ4v) is 6.35. The fourth-order valence-electron chi connectivity index (χ4n) is 6.35. The van der Waals surface area contributed by atoms with Gasteiger partial charge >= 0.3 is 11.9 Å². The Morgan fingerprint density at radius 1 is 1.19 bits per heavy atom. The van der Waals surface area contributed by atoms with Gasteiger partial charge in [0.15, 0.2) is 17.7 Å². The standard InChI is InChI=1S/C27H32O9/c1-15(28)18-9-11-25(4,21(31)16-10-12-34-14-16)27(22(36-27)23(32)33-6)26(18,5)19(29)13-17-7-8-20(30)35-24(17,2)3/h7-8,10,12-15,18,22,28H,9,11H2,1-6H3/b17-13+/t15?,18-,22+,25-,26-,27+/m0/s1. The van der Waals surface area contributed by atoms with Crippen molar-refractivity contribution in [3.8, 4) is 0 Å². The third-order valence-electron chi connectivity index (χ3n) is 8.43. The highest BCUT2D eigenvalue weighted by Gasteiger charge is 2.84. The number of epoxide rings is 1. The first kappa shape index (κ1) is 26.0. The topological polar surface area (TPSA) is 133 Å². The van der Waals surface area contributed by atoms with Crippen LogP contribution in [0.2, 0.25) is 0 Å². The molecule has 1 unspecified atom stereocenters. The molecule has 1 aromatic heterocycles. The Labute approximate surface area is 209 Å². The molecule has 4 rings (SSSR count). The number of carbonyl (C=O) groups excluding carboxylic acids is 4. The number of cyclic esters (lactones) is 1. The van der Waals surface area contributed by atoms with E-state index in [1.54, 1.807) is 34.6 Å². The predicted octanol–water partition coefficient (Wildman–Crippen LogP) is 2.96. The zero-order chi connectivity index (χ0) is 26.7. The van der Waals surface area contributed by atoms with E-state index in [2.05, 4.69) is 0 Å². The molecule has 1 saturated heterocycles. The normalized spacial score (nSPS) is 36.9. The van der Waals surface area contributed by atoms with Crippen molar-refractivity contribution in [2.24, 2.45) is 16.7 Å². The lowest BCUT2D eigenvalue weighted by Gasteiger charge is -2.54.